The second-order valence-corrected chi connectivity index (χ2v) is 5.72. The maximum Gasteiger partial charge on any atom is 0.319 e. The van der Waals surface area contributed by atoms with Crippen molar-refractivity contribution in [1.29, 1.82) is 0 Å². The monoisotopic (exact) mass is 365 g/mol. The Morgan fingerprint density at radius 2 is 1.96 bits per heavy atom. The molecule has 1 fully saturated rings. The normalized spacial score (nSPS) is 24.5. The van der Waals surface area contributed by atoms with Crippen molar-refractivity contribution in [1.82, 2.24) is 10.6 Å². The van der Waals surface area contributed by atoms with Gasteiger partial charge in [-0.15, -0.1) is 6.42 Å². The molecule has 0 aliphatic carbocycles. The van der Waals surface area contributed by atoms with E-state index in [0.717, 1.165) is 6.07 Å². The maximum atomic E-state index is 13.1. The molecule has 1 aliphatic heterocycles. The number of hydrogen-bond donors (Lipinski definition) is 5. The number of rotatable bonds is 6. The molecule has 0 unspecified atom stereocenters. The largest absolute Gasteiger partial charge is 0.388 e. The molecule has 1 aliphatic rings. The third-order valence-electron chi connectivity index (χ3n) is 3.78. The highest BCUT2D eigenvalue weighted by Crippen LogP contribution is 2.23. The van der Waals surface area contributed by atoms with E-state index in [1.165, 1.54) is 18.2 Å². The topological polar surface area (TPSA) is 120 Å². The summed E-state index contributed by atoms with van der Waals surface area (Å²) in [5.41, 5.74) is 0.262. The molecule has 9 heteroatoms. The number of ether oxygens (including phenoxy) is 1. The van der Waals surface area contributed by atoms with Crippen LogP contribution in [0.15, 0.2) is 24.3 Å². The number of nitrogens with one attached hydrogen (secondary N) is 3. The highest BCUT2D eigenvalue weighted by molar-refractivity contribution is 5.89. The summed E-state index contributed by atoms with van der Waals surface area (Å²) in [7, 11) is 0. The van der Waals surface area contributed by atoms with Crippen LogP contribution in [0.4, 0.5) is 14.9 Å². The summed E-state index contributed by atoms with van der Waals surface area (Å²) in [6, 6.07) is 4.72. The van der Waals surface area contributed by atoms with Gasteiger partial charge in [-0.3, -0.25) is 4.79 Å². The number of carbonyl (C=O) groups excluding carboxylic acids is 2. The number of carbonyl (C=O) groups is 2. The van der Waals surface area contributed by atoms with E-state index in [2.05, 4.69) is 21.9 Å². The van der Waals surface area contributed by atoms with E-state index in [9.17, 15) is 24.2 Å². The number of aliphatic hydroxyl groups is 2. The first-order chi connectivity index (χ1) is 12.4. The van der Waals surface area contributed by atoms with Crippen LogP contribution < -0.4 is 16.0 Å². The Morgan fingerprint density at radius 1 is 1.23 bits per heavy atom. The number of amides is 3. The summed E-state index contributed by atoms with van der Waals surface area (Å²) in [5.74, 6) is 1.33. The molecular formula is C17H20FN3O5. The molecule has 0 radical (unpaired) electrons. The number of halogens is 1. The molecule has 1 aromatic carbocycles. The van der Waals surface area contributed by atoms with Gasteiger partial charge in [0.25, 0.3) is 0 Å². The van der Waals surface area contributed by atoms with Crippen molar-refractivity contribution in [2.24, 2.45) is 0 Å². The number of urea groups is 1. The molecule has 2 rings (SSSR count). The highest BCUT2D eigenvalue weighted by Gasteiger charge is 2.43. The summed E-state index contributed by atoms with van der Waals surface area (Å²) in [6.07, 6.45) is 0.508. The fourth-order valence-corrected chi connectivity index (χ4v) is 2.50. The molecule has 5 N–H and O–H groups in total. The number of aliphatic hydroxyl groups excluding tert-OH is 2. The molecule has 0 bridgehead atoms. The van der Waals surface area contributed by atoms with Crippen molar-refractivity contribution in [3.63, 3.8) is 0 Å². The molecular weight excluding hydrogens is 345 g/mol. The minimum atomic E-state index is -1.27. The van der Waals surface area contributed by atoms with Gasteiger partial charge < -0.3 is 30.9 Å². The molecule has 140 valence electrons. The minimum absolute atomic E-state index is 0.0510. The summed E-state index contributed by atoms with van der Waals surface area (Å²) < 4.78 is 18.5. The van der Waals surface area contributed by atoms with Crippen molar-refractivity contribution in [3.8, 4) is 12.3 Å². The molecule has 1 heterocycles. The van der Waals surface area contributed by atoms with E-state index < -0.39 is 42.2 Å². The molecule has 3 amide bonds. The van der Waals surface area contributed by atoms with Gasteiger partial charge in [-0.25, -0.2) is 9.18 Å². The van der Waals surface area contributed by atoms with Crippen LogP contribution in [0, 0.1) is 18.2 Å². The molecule has 4 atom stereocenters. The molecule has 1 saturated heterocycles. The van der Waals surface area contributed by atoms with Gasteiger partial charge in [0.1, 0.15) is 24.1 Å². The van der Waals surface area contributed by atoms with Gasteiger partial charge in [-0.1, -0.05) is 12.0 Å². The van der Waals surface area contributed by atoms with Crippen molar-refractivity contribution in [3.05, 3.63) is 30.1 Å². The average molecular weight is 365 g/mol. The van der Waals surface area contributed by atoms with Gasteiger partial charge in [0.15, 0.2) is 0 Å². The first-order valence-corrected chi connectivity index (χ1v) is 7.93. The third-order valence-corrected chi connectivity index (χ3v) is 3.78. The molecule has 8 nitrogen and oxygen atoms in total. The van der Waals surface area contributed by atoms with Crippen molar-refractivity contribution in [2.75, 3.05) is 18.4 Å². The molecule has 26 heavy (non-hydrogen) atoms. The Labute approximate surface area is 149 Å². The zero-order valence-electron chi connectivity index (χ0n) is 13.8. The predicted octanol–water partition coefficient (Wildman–Crippen LogP) is -0.424. The summed E-state index contributed by atoms with van der Waals surface area (Å²) in [6.45, 7) is -0.0582. The Balaban J connectivity index is 1.81. The van der Waals surface area contributed by atoms with Gasteiger partial charge in [-0.2, -0.15) is 0 Å². The standard InChI is InChI=1S/C17H20FN3O5/c1-2-6-19-14(22)8-12-15(23)16(24)13(26-12)9-20-17(25)21-11-5-3-4-10(18)7-11/h1,3-5,7,12-13,15-16,23-24H,6,8-9H2,(H,19,22)(H2,20,21,25)/t12-,13+,15-,16+/m0/s1. The Bertz CT molecular complexity index is 693. The van der Waals surface area contributed by atoms with E-state index in [0.29, 0.717) is 0 Å². The lowest BCUT2D eigenvalue weighted by molar-refractivity contribution is -0.124. The van der Waals surface area contributed by atoms with Crippen LogP contribution in [0.5, 0.6) is 0 Å². The molecule has 1 aromatic rings. The fraction of sp³-hybridized carbons (Fsp3) is 0.412. The number of anilines is 1. The van der Waals surface area contributed by atoms with E-state index in [4.69, 9.17) is 11.2 Å². The van der Waals surface area contributed by atoms with Crippen LogP contribution in [0.3, 0.4) is 0 Å². The van der Waals surface area contributed by atoms with Gasteiger partial charge in [0.05, 0.1) is 19.1 Å². The van der Waals surface area contributed by atoms with E-state index in [-0.39, 0.29) is 25.2 Å². The second kappa shape index (κ2) is 9.15. The zero-order chi connectivity index (χ0) is 19.1. The van der Waals surface area contributed by atoms with Crippen molar-refractivity contribution >= 4 is 17.6 Å². The average Bonchev–Trinajstić information content (AvgIpc) is 2.86. The van der Waals surface area contributed by atoms with Gasteiger partial charge in [-0.05, 0) is 18.2 Å². The zero-order valence-corrected chi connectivity index (χ0v) is 13.8. The van der Waals surface area contributed by atoms with Crippen molar-refractivity contribution in [2.45, 2.75) is 30.8 Å². The summed E-state index contributed by atoms with van der Waals surface area (Å²) in [5, 5.41) is 27.3. The van der Waals surface area contributed by atoms with E-state index in [1.54, 1.807) is 0 Å². The van der Waals surface area contributed by atoms with Gasteiger partial charge >= 0.3 is 6.03 Å². The molecule has 0 spiro atoms. The SMILES string of the molecule is C#CCNC(=O)C[C@@H]1O[C@H](CNC(=O)Nc2cccc(F)c2)[C@@H](O)[C@H]1O. The minimum Gasteiger partial charge on any atom is -0.388 e. The van der Waals surface area contributed by atoms with Crippen LogP contribution in [-0.4, -0.2) is 59.7 Å². The Kier molecular flexibility index (Phi) is 6.91. The second-order valence-electron chi connectivity index (χ2n) is 5.72. The van der Waals surface area contributed by atoms with E-state index in [1.807, 2.05) is 0 Å². The maximum absolute atomic E-state index is 13.1. The number of hydrogen-bond acceptors (Lipinski definition) is 5. The lowest BCUT2D eigenvalue weighted by atomic mass is 10.1. The number of terminal acetylenes is 1. The number of benzene rings is 1. The van der Waals surface area contributed by atoms with Crippen LogP contribution >= 0.6 is 0 Å². The summed E-state index contributed by atoms with van der Waals surface area (Å²) >= 11 is 0. The quantitative estimate of drug-likeness (QED) is 0.439. The summed E-state index contributed by atoms with van der Waals surface area (Å²) in [4.78, 5) is 23.4. The van der Waals surface area contributed by atoms with Gasteiger partial charge in [0.2, 0.25) is 5.91 Å². The fourth-order valence-electron chi connectivity index (χ4n) is 2.50. The van der Waals surface area contributed by atoms with E-state index >= 15 is 0 Å². The van der Waals surface area contributed by atoms with Crippen LogP contribution in [-0.2, 0) is 9.53 Å². The highest BCUT2D eigenvalue weighted by atomic mass is 19.1. The predicted molar refractivity (Wildman–Crippen MR) is 90.6 cm³/mol. The van der Waals surface area contributed by atoms with Gasteiger partial charge in [0, 0.05) is 12.2 Å². The third kappa shape index (κ3) is 5.42. The first-order valence-electron chi connectivity index (χ1n) is 7.93. The molecule has 0 aromatic heterocycles. The van der Waals surface area contributed by atoms with Crippen LogP contribution in [0.2, 0.25) is 0 Å². The Hall–Kier alpha value is -2.67. The lowest BCUT2D eigenvalue weighted by Crippen LogP contribution is -2.41. The lowest BCUT2D eigenvalue weighted by Gasteiger charge is -2.15. The first kappa shape index (κ1) is 19.7. The van der Waals surface area contributed by atoms with Crippen molar-refractivity contribution < 1.29 is 28.9 Å². The molecule has 0 saturated carbocycles. The Morgan fingerprint density at radius 3 is 2.65 bits per heavy atom. The van der Waals surface area contributed by atoms with Crippen LogP contribution in [0.1, 0.15) is 6.42 Å². The smallest absolute Gasteiger partial charge is 0.319 e. The van der Waals surface area contributed by atoms with Crippen LogP contribution in [0.25, 0.3) is 0 Å².